The number of hydrogen-bond acceptors (Lipinski definition) is 4. The van der Waals surface area contributed by atoms with Crippen molar-refractivity contribution in [1.82, 2.24) is 4.98 Å². The van der Waals surface area contributed by atoms with Gasteiger partial charge in [0.25, 0.3) is 0 Å². The van der Waals surface area contributed by atoms with Crippen LogP contribution in [-0.4, -0.2) is 12.1 Å². The fraction of sp³-hybridized carbons (Fsp3) is 0.750. The number of thiazole rings is 1. The lowest BCUT2D eigenvalue weighted by Crippen LogP contribution is -2.35. The highest BCUT2D eigenvalue weighted by Crippen LogP contribution is 2.46. The van der Waals surface area contributed by atoms with Crippen molar-refractivity contribution in [3.8, 4) is 0 Å². The van der Waals surface area contributed by atoms with E-state index in [2.05, 4.69) is 13.8 Å². The molecule has 1 fully saturated rings. The maximum atomic E-state index is 5.78. The Bertz CT molecular complexity index is 364. The predicted molar refractivity (Wildman–Crippen MR) is 66.6 cm³/mol. The first-order chi connectivity index (χ1) is 7.63. The highest BCUT2D eigenvalue weighted by atomic mass is 32.1. The first-order valence-electron chi connectivity index (χ1n) is 5.88. The third-order valence-corrected chi connectivity index (χ3v) is 4.68. The second-order valence-corrected chi connectivity index (χ2v) is 5.82. The second-order valence-electron chi connectivity index (χ2n) is 4.74. The van der Waals surface area contributed by atoms with Crippen LogP contribution in [-0.2, 0) is 16.9 Å². The van der Waals surface area contributed by atoms with E-state index in [1.807, 2.05) is 0 Å². The molecule has 4 heteroatoms. The van der Waals surface area contributed by atoms with Crippen LogP contribution in [0.4, 0.5) is 0 Å². The maximum Gasteiger partial charge on any atom is 0.125 e. The summed E-state index contributed by atoms with van der Waals surface area (Å²) in [4.78, 5) is 5.98. The summed E-state index contributed by atoms with van der Waals surface area (Å²) in [6.07, 6.45) is 3.43. The summed E-state index contributed by atoms with van der Waals surface area (Å²) >= 11 is 1.73. The van der Waals surface area contributed by atoms with Crippen LogP contribution in [0.15, 0.2) is 0 Å². The van der Waals surface area contributed by atoms with Crippen molar-refractivity contribution in [2.24, 2.45) is 5.73 Å². The van der Waals surface area contributed by atoms with E-state index < -0.39 is 0 Å². The van der Waals surface area contributed by atoms with Crippen molar-refractivity contribution in [2.45, 2.75) is 51.2 Å². The maximum absolute atomic E-state index is 5.78. The van der Waals surface area contributed by atoms with Gasteiger partial charge in [-0.1, -0.05) is 13.8 Å². The molecule has 1 aliphatic rings. The molecule has 2 N–H and O–H groups in total. The van der Waals surface area contributed by atoms with Crippen molar-refractivity contribution in [3.63, 3.8) is 0 Å². The molecule has 16 heavy (non-hydrogen) atoms. The molecule has 2 rings (SSSR count). The third kappa shape index (κ3) is 1.79. The molecule has 0 saturated heterocycles. The number of rotatable bonds is 4. The SMILES string of the molecule is COC1(c2nc(C(C)C)c(CN)s2)CCC1. The van der Waals surface area contributed by atoms with Crippen LogP contribution < -0.4 is 5.73 Å². The Morgan fingerprint density at radius 1 is 1.50 bits per heavy atom. The number of nitrogens with zero attached hydrogens (tertiary/aromatic N) is 1. The van der Waals surface area contributed by atoms with Crippen LogP contribution in [0.2, 0.25) is 0 Å². The molecule has 3 nitrogen and oxygen atoms in total. The van der Waals surface area contributed by atoms with Crippen molar-refractivity contribution in [1.29, 1.82) is 0 Å². The summed E-state index contributed by atoms with van der Waals surface area (Å²) in [6, 6.07) is 0. The number of aromatic nitrogens is 1. The van der Waals surface area contributed by atoms with Crippen molar-refractivity contribution in [2.75, 3.05) is 7.11 Å². The monoisotopic (exact) mass is 240 g/mol. The van der Waals surface area contributed by atoms with Gasteiger partial charge in [-0.3, -0.25) is 0 Å². The van der Waals surface area contributed by atoms with Crippen molar-refractivity contribution < 1.29 is 4.74 Å². The largest absolute Gasteiger partial charge is 0.371 e. The van der Waals surface area contributed by atoms with E-state index in [1.54, 1.807) is 18.4 Å². The van der Waals surface area contributed by atoms with E-state index in [9.17, 15) is 0 Å². The van der Waals surface area contributed by atoms with E-state index in [-0.39, 0.29) is 5.60 Å². The molecular formula is C12H20N2OS. The molecule has 0 radical (unpaired) electrons. The molecule has 0 amide bonds. The zero-order chi connectivity index (χ0) is 11.8. The van der Waals surface area contributed by atoms with Gasteiger partial charge in [-0.05, 0) is 25.2 Å². The van der Waals surface area contributed by atoms with Gasteiger partial charge < -0.3 is 10.5 Å². The van der Waals surface area contributed by atoms with Crippen molar-refractivity contribution >= 4 is 11.3 Å². The molecule has 1 heterocycles. The summed E-state index contributed by atoms with van der Waals surface area (Å²) in [6.45, 7) is 4.92. The van der Waals surface area contributed by atoms with Gasteiger partial charge in [0.2, 0.25) is 0 Å². The third-order valence-electron chi connectivity index (χ3n) is 3.40. The van der Waals surface area contributed by atoms with Crippen LogP contribution in [0.5, 0.6) is 0 Å². The molecule has 90 valence electrons. The Morgan fingerprint density at radius 2 is 2.19 bits per heavy atom. The van der Waals surface area contributed by atoms with E-state index in [0.29, 0.717) is 12.5 Å². The number of methoxy groups -OCH3 is 1. The quantitative estimate of drug-likeness (QED) is 0.880. The average molecular weight is 240 g/mol. The Kier molecular flexibility index (Phi) is 3.33. The molecule has 0 atom stereocenters. The fourth-order valence-corrected chi connectivity index (χ4v) is 3.48. The number of nitrogens with two attached hydrogens (primary N) is 1. The molecule has 1 saturated carbocycles. The number of ether oxygens (including phenoxy) is 1. The summed E-state index contributed by atoms with van der Waals surface area (Å²) in [7, 11) is 1.79. The van der Waals surface area contributed by atoms with Gasteiger partial charge in [0.15, 0.2) is 0 Å². The molecule has 0 bridgehead atoms. The van der Waals surface area contributed by atoms with Crippen LogP contribution in [0.1, 0.15) is 54.6 Å². The predicted octanol–water partition coefficient (Wildman–Crippen LogP) is 2.75. The zero-order valence-corrected chi connectivity index (χ0v) is 11.1. The van der Waals surface area contributed by atoms with E-state index in [4.69, 9.17) is 15.5 Å². The molecule has 0 aliphatic heterocycles. The Balaban J connectivity index is 2.35. The van der Waals surface area contributed by atoms with Gasteiger partial charge in [0, 0.05) is 18.5 Å². The zero-order valence-electron chi connectivity index (χ0n) is 10.2. The summed E-state index contributed by atoms with van der Waals surface area (Å²) in [5, 5.41) is 1.13. The van der Waals surface area contributed by atoms with E-state index in [1.165, 1.54) is 11.3 Å². The minimum atomic E-state index is -0.0955. The van der Waals surface area contributed by atoms with Crippen LogP contribution in [0.3, 0.4) is 0 Å². The highest BCUT2D eigenvalue weighted by molar-refractivity contribution is 7.11. The lowest BCUT2D eigenvalue weighted by molar-refractivity contribution is -0.0780. The van der Waals surface area contributed by atoms with Gasteiger partial charge in [-0.2, -0.15) is 0 Å². The molecule has 0 spiro atoms. The van der Waals surface area contributed by atoms with Gasteiger partial charge in [-0.15, -0.1) is 11.3 Å². The smallest absolute Gasteiger partial charge is 0.125 e. The first-order valence-corrected chi connectivity index (χ1v) is 6.70. The summed E-state index contributed by atoms with van der Waals surface area (Å²) in [5.74, 6) is 0.442. The Morgan fingerprint density at radius 3 is 2.50 bits per heavy atom. The molecule has 1 aromatic rings. The topological polar surface area (TPSA) is 48.1 Å². The van der Waals surface area contributed by atoms with Crippen LogP contribution in [0, 0.1) is 0 Å². The van der Waals surface area contributed by atoms with Gasteiger partial charge in [0.05, 0.1) is 5.69 Å². The minimum absolute atomic E-state index is 0.0955. The second kappa shape index (κ2) is 4.43. The van der Waals surface area contributed by atoms with Crippen LogP contribution >= 0.6 is 11.3 Å². The molecule has 0 unspecified atom stereocenters. The lowest BCUT2D eigenvalue weighted by atomic mass is 9.80. The van der Waals surface area contributed by atoms with E-state index >= 15 is 0 Å². The molecular weight excluding hydrogens is 220 g/mol. The molecule has 0 aromatic carbocycles. The molecule has 1 aliphatic carbocycles. The average Bonchev–Trinajstić information content (AvgIpc) is 2.61. The fourth-order valence-electron chi connectivity index (χ4n) is 2.16. The van der Waals surface area contributed by atoms with Crippen molar-refractivity contribution in [3.05, 3.63) is 15.6 Å². The Labute approximate surface area is 101 Å². The Hall–Kier alpha value is -0.450. The standard InChI is InChI=1S/C12H20N2OS/c1-8(2)10-9(7-13)16-11(14-10)12(15-3)5-4-6-12/h8H,4-7,13H2,1-3H3. The number of hydrogen-bond donors (Lipinski definition) is 1. The molecule has 1 aromatic heterocycles. The van der Waals surface area contributed by atoms with Gasteiger partial charge >= 0.3 is 0 Å². The normalized spacial score (nSPS) is 18.8. The van der Waals surface area contributed by atoms with Gasteiger partial charge in [-0.25, -0.2) is 4.98 Å². The minimum Gasteiger partial charge on any atom is -0.371 e. The lowest BCUT2D eigenvalue weighted by Gasteiger charge is -2.38. The highest BCUT2D eigenvalue weighted by Gasteiger charge is 2.42. The van der Waals surface area contributed by atoms with E-state index in [0.717, 1.165) is 23.5 Å². The first kappa shape index (κ1) is 12.0. The van der Waals surface area contributed by atoms with Crippen LogP contribution in [0.25, 0.3) is 0 Å². The summed E-state index contributed by atoms with van der Waals surface area (Å²) < 4.78 is 5.66. The van der Waals surface area contributed by atoms with Gasteiger partial charge in [0.1, 0.15) is 10.6 Å². The summed E-state index contributed by atoms with van der Waals surface area (Å²) in [5.41, 5.74) is 6.84.